The molecular formula is C14H18N2O4. The molecule has 3 atom stereocenters. The number of aliphatic carboxylic acids is 1. The number of aryl methyl sites for hydroxylation is 1. The maximum atomic E-state index is 11.8. The molecule has 1 aromatic heterocycles. The minimum Gasteiger partial charge on any atom is -0.481 e. The predicted molar refractivity (Wildman–Crippen MR) is 72.2 cm³/mol. The number of carbonyl (C=O) groups is 2. The van der Waals surface area contributed by atoms with Gasteiger partial charge >= 0.3 is 12.0 Å². The van der Waals surface area contributed by atoms with Crippen LogP contribution in [-0.4, -0.2) is 23.1 Å². The van der Waals surface area contributed by atoms with E-state index in [2.05, 4.69) is 10.6 Å². The zero-order chi connectivity index (χ0) is 14.7. The molecule has 1 aromatic rings. The molecule has 108 valence electrons. The molecule has 0 spiro atoms. The largest absolute Gasteiger partial charge is 0.481 e. The van der Waals surface area contributed by atoms with Crippen LogP contribution in [0.1, 0.15) is 30.9 Å². The first-order chi connectivity index (χ1) is 9.45. The Labute approximate surface area is 116 Å². The number of furan rings is 1. The fourth-order valence-corrected chi connectivity index (χ4v) is 2.15. The van der Waals surface area contributed by atoms with Crippen molar-refractivity contribution >= 4 is 12.0 Å². The molecule has 0 saturated carbocycles. The lowest BCUT2D eigenvalue weighted by atomic mass is 10.1. The summed E-state index contributed by atoms with van der Waals surface area (Å²) < 4.78 is 5.43. The number of rotatable bonds is 4. The lowest BCUT2D eigenvalue weighted by Gasteiger charge is -2.16. The molecule has 3 N–H and O–H groups in total. The molecule has 0 radical (unpaired) electrons. The minimum atomic E-state index is -0.870. The first kappa shape index (κ1) is 14.2. The topological polar surface area (TPSA) is 91.6 Å². The summed E-state index contributed by atoms with van der Waals surface area (Å²) in [4.78, 5) is 22.6. The molecule has 1 heterocycles. The Morgan fingerprint density at radius 1 is 1.40 bits per heavy atom. The Bertz CT molecular complexity index is 535. The van der Waals surface area contributed by atoms with Crippen LogP contribution in [0.15, 0.2) is 28.7 Å². The van der Waals surface area contributed by atoms with Crippen LogP contribution in [0, 0.1) is 12.8 Å². The van der Waals surface area contributed by atoms with Gasteiger partial charge in [-0.2, -0.15) is 0 Å². The van der Waals surface area contributed by atoms with Crippen molar-refractivity contribution in [2.45, 2.75) is 32.4 Å². The zero-order valence-electron chi connectivity index (χ0n) is 11.4. The molecule has 6 heteroatoms. The SMILES string of the molecule is Cc1ccc(C(C)NC(=O)NC2C=CC(C(=O)O)C2)o1. The van der Waals surface area contributed by atoms with Crippen LogP contribution in [-0.2, 0) is 4.79 Å². The van der Waals surface area contributed by atoms with Crippen molar-refractivity contribution in [2.75, 3.05) is 0 Å². The molecule has 2 rings (SSSR count). The first-order valence-electron chi connectivity index (χ1n) is 6.50. The molecule has 0 fully saturated rings. The molecule has 3 unspecified atom stereocenters. The van der Waals surface area contributed by atoms with Crippen LogP contribution in [0.2, 0.25) is 0 Å². The van der Waals surface area contributed by atoms with Crippen LogP contribution in [0.25, 0.3) is 0 Å². The van der Waals surface area contributed by atoms with E-state index in [1.54, 1.807) is 12.2 Å². The quantitative estimate of drug-likeness (QED) is 0.734. The summed E-state index contributed by atoms with van der Waals surface area (Å²) in [6, 6.07) is 2.82. The highest BCUT2D eigenvalue weighted by Gasteiger charge is 2.25. The molecule has 0 aliphatic heterocycles. The highest BCUT2D eigenvalue weighted by Crippen LogP contribution is 2.18. The van der Waals surface area contributed by atoms with Gasteiger partial charge in [0.05, 0.1) is 18.0 Å². The molecule has 1 aliphatic carbocycles. The van der Waals surface area contributed by atoms with E-state index in [4.69, 9.17) is 9.52 Å². The predicted octanol–water partition coefficient (Wildman–Crippen LogP) is 1.98. The fourth-order valence-electron chi connectivity index (χ4n) is 2.15. The van der Waals surface area contributed by atoms with Crippen molar-refractivity contribution in [2.24, 2.45) is 5.92 Å². The molecule has 6 nitrogen and oxygen atoms in total. The summed E-state index contributed by atoms with van der Waals surface area (Å²) in [6.07, 6.45) is 3.70. The Balaban J connectivity index is 1.82. The average Bonchev–Trinajstić information content (AvgIpc) is 2.98. The highest BCUT2D eigenvalue weighted by atomic mass is 16.4. The number of carbonyl (C=O) groups excluding carboxylic acids is 1. The van der Waals surface area contributed by atoms with Gasteiger partial charge in [0.1, 0.15) is 11.5 Å². The third kappa shape index (κ3) is 3.40. The number of amides is 2. The van der Waals surface area contributed by atoms with Crippen LogP contribution in [0.5, 0.6) is 0 Å². The second-order valence-electron chi connectivity index (χ2n) is 4.96. The van der Waals surface area contributed by atoms with E-state index in [0.29, 0.717) is 12.2 Å². The maximum absolute atomic E-state index is 11.8. The normalized spacial score (nSPS) is 22.5. The standard InChI is InChI=1S/C14H18N2O4/c1-8-3-6-12(20-8)9(2)15-14(19)16-11-5-4-10(7-11)13(17)18/h3-6,9-11H,7H2,1-2H3,(H,17,18)(H2,15,16,19). The third-order valence-electron chi connectivity index (χ3n) is 3.25. The van der Waals surface area contributed by atoms with E-state index in [-0.39, 0.29) is 18.1 Å². The lowest BCUT2D eigenvalue weighted by Crippen LogP contribution is -2.42. The second kappa shape index (κ2) is 5.81. The van der Waals surface area contributed by atoms with Crippen molar-refractivity contribution in [3.05, 3.63) is 35.8 Å². The summed E-state index contributed by atoms with van der Waals surface area (Å²) in [6.45, 7) is 3.66. The van der Waals surface area contributed by atoms with Gasteiger partial charge in [0, 0.05) is 0 Å². The monoisotopic (exact) mass is 278 g/mol. The zero-order valence-corrected chi connectivity index (χ0v) is 11.4. The van der Waals surface area contributed by atoms with E-state index < -0.39 is 11.9 Å². The number of hydrogen-bond acceptors (Lipinski definition) is 3. The Hall–Kier alpha value is -2.24. The van der Waals surface area contributed by atoms with Gasteiger partial charge in [-0.3, -0.25) is 4.79 Å². The smallest absolute Gasteiger partial charge is 0.315 e. The van der Waals surface area contributed by atoms with E-state index in [1.807, 2.05) is 26.0 Å². The first-order valence-corrected chi connectivity index (χ1v) is 6.50. The van der Waals surface area contributed by atoms with Crippen molar-refractivity contribution < 1.29 is 19.1 Å². The van der Waals surface area contributed by atoms with Gasteiger partial charge in [0.25, 0.3) is 0 Å². The van der Waals surface area contributed by atoms with E-state index in [1.165, 1.54) is 0 Å². The number of carboxylic acid groups (broad SMARTS) is 1. The number of carboxylic acids is 1. The number of nitrogens with one attached hydrogen (secondary N) is 2. The van der Waals surface area contributed by atoms with Crippen molar-refractivity contribution in [1.29, 1.82) is 0 Å². The molecule has 0 saturated heterocycles. The highest BCUT2D eigenvalue weighted by molar-refractivity contribution is 5.76. The van der Waals surface area contributed by atoms with Crippen LogP contribution in [0.4, 0.5) is 4.79 Å². The van der Waals surface area contributed by atoms with Gasteiger partial charge in [-0.25, -0.2) is 4.79 Å². The number of hydrogen-bond donors (Lipinski definition) is 3. The number of urea groups is 1. The molecule has 1 aliphatic rings. The maximum Gasteiger partial charge on any atom is 0.315 e. The summed E-state index contributed by atoms with van der Waals surface area (Å²) in [7, 11) is 0. The van der Waals surface area contributed by atoms with Gasteiger partial charge in [0.15, 0.2) is 0 Å². The summed E-state index contributed by atoms with van der Waals surface area (Å²) in [5.74, 6) is 0.0796. The summed E-state index contributed by atoms with van der Waals surface area (Å²) in [5, 5.41) is 14.4. The van der Waals surface area contributed by atoms with Gasteiger partial charge in [-0.05, 0) is 32.4 Å². The Morgan fingerprint density at radius 2 is 2.15 bits per heavy atom. The van der Waals surface area contributed by atoms with Crippen molar-refractivity contribution in [3.63, 3.8) is 0 Å². The van der Waals surface area contributed by atoms with Gasteiger partial charge in [-0.1, -0.05) is 12.2 Å². The third-order valence-corrected chi connectivity index (χ3v) is 3.25. The molecule has 0 bridgehead atoms. The van der Waals surface area contributed by atoms with E-state index >= 15 is 0 Å². The molecule has 0 aromatic carbocycles. The van der Waals surface area contributed by atoms with Gasteiger partial charge in [0.2, 0.25) is 0 Å². The van der Waals surface area contributed by atoms with Crippen molar-refractivity contribution in [3.8, 4) is 0 Å². The van der Waals surface area contributed by atoms with Crippen LogP contribution >= 0.6 is 0 Å². The second-order valence-corrected chi connectivity index (χ2v) is 4.96. The fraction of sp³-hybridized carbons (Fsp3) is 0.429. The summed E-state index contributed by atoms with van der Waals surface area (Å²) >= 11 is 0. The van der Waals surface area contributed by atoms with Crippen molar-refractivity contribution in [1.82, 2.24) is 10.6 Å². The van der Waals surface area contributed by atoms with Crippen LogP contribution in [0.3, 0.4) is 0 Å². The Morgan fingerprint density at radius 3 is 2.70 bits per heavy atom. The Kier molecular flexibility index (Phi) is 4.12. The summed E-state index contributed by atoms with van der Waals surface area (Å²) in [5.41, 5.74) is 0. The van der Waals surface area contributed by atoms with Gasteiger partial charge < -0.3 is 20.2 Å². The van der Waals surface area contributed by atoms with Crippen LogP contribution < -0.4 is 10.6 Å². The molecular weight excluding hydrogens is 260 g/mol. The van der Waals surface area contributed by atoms with Gasteiger partial charge in [-0.15, -0.1) is 0 Å². The molecule has 20 heavy (non-hydrogen) atoms. The lowest BCUT2D eigenvalue weighted by molar-refractivity contribution is -0.140. The molecule has 2 amide bonds. The average molecular weight is 278 g/mol. The minimum absolute atomic E-state index is 0.246. The van der Waals surface area contributed by atoms with E-state index in [9.17, 15) is 9.59 Å². The van der Waals surface area contributed by atoms with E-state index in [0.717, 1.165) is 5.76 Å².